The molecule has 3 aromatic rings. The summed E-state index contributed by atoms with van der Waals surface area (Å²) in [5, 5.41) is 3.29. The van der Waals surface area contributed by atoms with Crippen molar-refractivity contribution in [3.8, 4) is 0 Å². The standard InChI is InChI=1S/C17H18FN3OS/c1-3-21-16-9-6-13(18)10-15(16)20-17(21)19-11-12-4-7-14(8-5-12)23(2)22/h4-10H,3,11H2,1-2H3,(H,19,20). The van der Waals surface area contributed by atoms with Crippen LogP contribution in [0, 0.1) is 5.82 Å². The second-order valence-electron chi connectivity index (χ2n) is 5.26. The first-order chi connectivity index (χ1) is 11.1. The molecule has 0 saturated carbocycles. The monoisotopic (exact) mass is 331 g/mol. The van der Waals surface area contributed by atoms with Crippen molar-refractivity contribution in [1.82, 2.24) is 9.55 Å². The fourth-order valence-corrected chi connectivity index (χ4v) is 3.06. The summed E-state index contributed by atoms with van der Waals surface area (Å²) in [4.78, 5) is 5.28. The lowest BCUT2D eigenvalue weighted by Crippen LogP contribution is -2.06. The van der Waals surface area contributed by atoms with E-state index in [0.29, 0.717) is 12.1 Å². The minimum absolute atomic E-state index is 0.284. The molecule has 0 aliphatic heterocycles. The van der Waals surface area contributed by atoms with Gasteiger partial charge in [-0.15, -0.1) is 0 Å². The van der Waals surface area contributed by atoms with Gasteiger partial charge in [-0.1, -0.05) is 12.1 Å². The van der Waals surface area contributed by atoms with Crippen molar-refractivity contribution in [3.63, 3.8) is 0 Å². The molecule has 0 spiro atoms. The van der Waals surface area contributed by atoms with E-state index < -0.39 is 10.8 Å². The first-order valence-electron chi connectivity index (χ1n) is 7.40. The zero-order chi connectivity index (χ0) is 16.4. The van der Waals surface area contributed by atoms with Gasteiger partial charge < -0.3 is 9.88 Å². The van der Waals surface area contributed by atoms with E-state index in [4.69, 9.17) is 0 Å². The number of benzene rings is 2. The number of hydrogen-bond acceptors (Lipinski definition) is 3. The molecule has 1 heterocycles. The van der Waals surface area contributed by atoms with Gasteiger partial charge in [-0.05, 0) is 36.8 Å². The van der Waals surface area contributed by atoms with Crippen molar-refractivity contribution in [3.05, 3.63) is 53.8 Å². The highest BCUT2D eigenvalue weighted by Crippen LogP contribution is 2.21. The molecule has 0 radical (unpaired) electrons. The van der Waals surface area contributed by atoms with Crippen LogP contribution in [-0.4, -0.2) is 20.0 Å². The summed E-state index contributed by atoms with van der Waals surface area (Å²) in [5.41, 5.74) is 2.62. The molecule has 0 amide bonds. The Bertz CT molecular complexity index is 858. The minimum Gasteiger partial charge on any atom is -0.352 e. The summed E-state index contributed by atoms with van der Waals surface area (Å²) >= 11 is 0. The summed E-state index contributed by atoms with van der Waals surface area (Å²) in [6, 6.07) is 12.3. The second kappa shape index (κ2) is 6.50. The fourth-order valence-electron chi connectivity index (χ4n) is 2.54. The minimum atomic E-state index is -0.967. The highest BCUT2D eigenvalue weighted by molar-refractivity contribution is 7.84. The van der Waals surface area contributed by atoms with E-state index in [9.17, 15) is 8.60 Å². The number of hydrogen-bond donors (Lipinski definition) is 1. The van der Waals surface area contributed by atoms with Crippen LogP contribution in [-0.2, 0) is 23.9 Å². The summed E-state index contributed by atoms with van der Waals surface area (Å²) < 4.78 is 26.8. The number of aryl methyl sites for hydroxylation is 1. The molecule has 1 aromatic heterocycles. The van der Waals surface area contributed by atoms with E-state index in [2.05, 4.69) is 10.3 Å². The Kier molecular flexibility index (Phi) is 4.43. The Morgan fingerprint density at radius 3 is 2.61 bits per heavy atom. The van der Waals surface area contributed by atoms with E-state index in [1.165, 1.54) is 12.1 Å². The highest BCUT2D eigenvalue weighted by Gasteiger charge is 2.10. The molecule has 4 nitrogen and oxygen atoms in total. The van der Waals surface area contributed by atoms with Crippen LogP contribution in [0.15, 0.2) is 47.4 Å². The number of rotatable bonds is 5. The molecule has 6 heteroatoms. The normalized spacial score (nSPS) is 12.5. The van der Waals surface area contributed by atoms with Crippen molar-refractivity contribution in [2.45, 2.75) is 24.9 Å². The molecule has 23 heavy (non-hydrogen) atoms. The third-order valence-electron chi connectivity index (χ3n) is 3.73. The Labute approximate surface area is 136 Å². The molecule has 120 valence electrons. The van der Waals surface area contributed by atoms with Gasteiger partial charge >= 0.3 is 0 Å². The topological polar surface area (TPSA) is 46.9 Å². The van der Waals surface area contributed by atoms with Gasteiger partial charge in [0.05, 0.1) is 11.0 Å². The summed E-state index contributed by atoms with van der Waals surface area (Å²) in [6.45, 7) is 3.38. The molecule has 0 aliphatic carbocycles. The van der Waals surface area contributed by atoms with Crippen molar-refractivity contribution in [2.75, 3.05) is 11.6 Å². The van der Waals surface area contributed by atoms with Gasteiger partial charge in [0.2, 0.25) is 5.95 Å². The van der Waals surface area contributed by atoms with Gasteiger partial charge in [-0.25, -0.2) is 9.37 Å². The SMILES string of the molecule is CCn1c(NCc2ccc(S(C)=O)cc2)nc2cc(F)ccc21. The smallest absolute Gasteiger partial charge is 0.204 e. The number of nitrogens with zero attached hydrogens (tertiary/aromatic N) is 2. The molecular formula is C17H18FN3OS. The quantitative estimate of drug-likeness (QED) is 0.778. The van der Waals surface area contributed by atoms with Gasteiger partial charge in [0.25, 0.3) is 0 Å². The molecule has 2 aromatic carbocycles. The second-order valence-corrected chi connectivity index (χ2v) is 6.64. The third-order valence-corrected chi connectivity index (χ3v) is 4.67. The first-order valence-corrected chi connectivity index (χ1v) is 8.96. The van der Waals surface area contributed by atoms with Crippen LogP contribution in [0.3, 0.4) is 0 Å². The van der Waals surface area contributed by atoms with Crippen molar-refractivity contribution < 1.29 is 8.60 Å². The lowest BCUT2D eigenvalue weighted by Gasteiger charge is -2.09. The molecule has 0 bridgehead atoms. The van der Waals surface area contributed by atoms with Crippen LogP contribution in [0.5, 0.6) is 0 Å². The molecular weight excluding hydrogens is 313 g/mol. The Hall–Kier alpha value is -2.21. The summed E-state index contributed by atoms with van der Waals surface area (Å²) in [6.07, 6.45) is 1.66. The number of halogens is 1. The largest absolute Gasteiger partial charge is 0.352 e. The zero-order valence-electron chi connectivity index (χ0n) is 13.0. The van der Waals surface area contributed by atoms with E-state index in [-0.39, 0.29) is 5.82 Å². The third kappa shape index (κ3) is 3.27. The average Bonchev–Trinajstić information content (AvgIpc) is 2.89. The molecule has 0 saturated heterocycles. The maximum atomic E-state index is 13.3. The molecule has 0 fully saturated rings. The zero-order valence-corrected chi connectivity index (χ0v) is 13.9. The maximum absolute atomic E-state index is 13.3. The van der Waals surface area contributed by atoms with Crippen molar-refractivity contribution in [2.24, 2.45) is 0 Å². The van der Waals surface area contributed by atoms with Crippen LogP contribution < -0.4 is 5.32 Å². The van der Waals surface area contributed by atoms with Gasteiger partial charge in [0, 0.05) is 41.1 Å². The number of imidazole rings is 1. The van der Waals surface area contributed by atoms with E-state index in [0.717, 1.165) is 28.5 Å². The molecule has 3 rings (SSSR count). The number of aromatic nitrogens is 2. The summed E-state index contributed by atoms with van der Waals surface area (Å²) in [5.74, 6) is 0.434. The van der Waals surface area contributed by atoms with Gasteiger partial charge in [0.15, 0.2) is 0 Å². The van der Waals surface area contributed by atoms with Crippen LogP contribution in [0.4, 0.5) is 10.3 Å². The van der Waals surface area contributed by atoms with Crippen LogP contribution >= 0.6 is 0 Å². The van der Waals surface area contributed by atoms with Gasteiger partial charge in [-0.3, -0.25) is 4.21 Å². The average molecular weight is 331 g/mol. The fraction of sp³-hybridized carbons (Fsp3) is 0.235. The first kappa shape index (κ1) is 15.7. The van der Waals surface area contributed by atoms with Crippen molar-refractivity contribution >= 4 is 27.8 Å². The highest BCUT2D eigenvalue weighted by atomic mass is 32.2. The van der Waals surface area contributed by atoms with Gasteiger partial charge in [0.1, 0.15) is 5.82 Å². The Morgan fingerprint density at radius 2 is 1.96 bits per heavy atom. The van der Waals surface area contributed by atoms with Crippen LogP contribution in [0.1, 0.15) is 12.5 Å². The number of nitrogens with one attached hydrogen (secondary N) is 1. The predicted octanol–water partition coefficient (Wildman–Crippen LogP) is 3.54. The van der Waals surface area contributed by atoms with Crippen LogP contribution in [0.2, 0.25) is 0 Å². The molecule has 1 N–H and O–H groups in total. The summed E-state index contributed by atoms with van der Waals surface area (Å²) in [7, 11) is -0.967. The molecule has 0 aliphatic rings. The predicted molar refractivity (Wildman–Crippen MR) is 91.5 cm³/mol. The van der Waals surface area contributed by atoms with Crippen molar-refractivity contribution in [1.29, 1.82) is 0 Å². The Balaban J connectivity index is 1.82. The number of fused-ring (bicyclic) bond motifs is 1. The van der Waals surface area contributed by atoms with E-state index >= 15 is 0 Å². The van der Waals surface area contributed by atoms with Gasteiger partial charge in [-0.2, -0.15) is 0 Å². The maximum Gasteiger partial charge on any atom is 0.204 e. The lowest BCUT2D eigenvalue weighted by atomic mass is 10.2. The number of anilines is 1. The molecule has 1 unspecified atom stereocenters. The Morgan fingerprint density at radius 1 is 1.22 bits per heavy atom. The van der Waals surface area contributed by atoms with Crippen LogP contribution in [0.25, 0.3) is 11.0 Å². The van der Waals surface area contributed by atoms with E-state index in [1.54, 1.807) is 12.3 Å². The lowest BCUT2D eigenvalue weighted by molar-refractivity contribution is 0.629. The molecule has 1 atom stereocenters. The van der Waals surface area contributed by atoms with E-state index in [1.807, 2.05) is 35.8 Å².